The zero-order valence-corrected chi connectivity index (χ0v) is 12.3. The second-order valence-electron chi connectivity index (χ2n) is 5.03. The van der Waals surface area contributed by atoms with Crippen molar-refractivity contribution >= 4 is 12.2 Å². The molecule has 0 radical (unpaired) electrons. The van der Waals surface area contributed by atoms with Crippen LogP contribution >= 0.6 is 0 Å². The number of carbonyl (C=O) groups excluding carboxylic acids is 2. The Bertz CT molecular complexity index is 349. The molecule has 0 bridgehead atoms. The molecule has 0 aromatic carbocycles. The number of ether oxygens (including phenoxy) is 2. The van der Waals surface area contributed by atoms with Crippen molar-refractivity contribution in [2.75, 3.05) is 6.61 Å². The van der Waals surface area contributed by atoms with Gasteiger partial charge in [-0.05, 0) is 27.2 Å². The van der Waals surface area contributed by atoms with Crippen LogP contribution in [0.4, 0.5) is 9.59 Å². The summed E-state index contributed by atoms with van der Waals surface area (Å²) in [6, 6.07) is -0.203. The number of hydrogen-bond donors (Lipinski definition) is 4. The van der Waals surface area contributed by atoms with Gasteiger partial charge < -0.3 is 30.7 Å². The number of primary amides is 1. The SMILES string of the molecule is CCCC(O)(OC(=O)NC(C)C)C(C)(CO)OC(N)=O. The Kier molecular flexibility index (Phi) is 6.74. The van der Waals surface area contributed by atoms with Gasteiger partial charge in [-0.3, -0.25) is 0 Å². The van der Waals surface area contributed by atoms with Gasteiger partial charge in [-0.2, -0.15) is 0 Å². The maximum atomic E-state index is 11.6. The minimum absolute atomic E-state index is 0.0388. The molecule has 5 N–H and O–H groups in total. The van der Waals surface area contributed by atoms with E-state index in [9.17, 15) is 19.8 Å². The molecule has 8 nitrogen and oxygen atoms in total. The molecule has 0 aromatic rings. The third-order valence-corrected chi connectivity index (χ3v) is 2.71. The van der Waals surface area contributed by atoms with Gasteiger partial charge in [0, 0.05) is 12.5 Å². The maximum Gasteiger partial charge on any atom is 0.410 e. The summed E-state index contributed by atoms with van der Waals surface area (Å²) in [5, 5.41) is 22.3. The molecule has 0 saturated carbocycles. The highest BCUT2D eigenvalue weighted by atomic mass is 16.7. The fourth-order valence-electron chi connectivity index (χ4n) is 1.64. The predicted octanol–water partition coefficient (Wildman–Crippen LogP) is 0.456. The van der Waals surface area contributed by atoms with Gasteiger partial charge in [0.25, 0.3) is 5.79 Å². The summed E-state index contributed by atoms with van der Waals surface area (Å²) in [4.78, 5) is 22.6. The molecular formula is C12H24N2O6. The smallest absolute Gasteiger partial charge is 0.410 e. The number of aliphatic hydroxyl groups excluding tert-OH is 1. The molecule has 118 valence electrons. The predicted molar refractivity (Wildman–Crippen MR) is 70.8 cm³/mol. The summed E-state index contributed by atoms with van der Waals surface area (Å²) in [5.41, 5.74) is 3.06. The highest BCUT2D eigenvalue weighted by Crippen LogP contribution is 2.32. The molecular weight excluding hydrogens is 268 g/mol. The summed E-state index contributed by atoms with van der Waals surface area (Å²) in [5.74, 6) is -2.19. The van der Waals surface area contributed by atoms with E-state index < -0.39 is 30.2 Å². The fraction of sp³-hybridized carbons (Fsp3) is 0.833. The molecule has 0 aliphatic carbocycles. The number of amides is 2. The van der Waals surface area contributed by atoms with Crippen LogP contribution in [0.5, 0.6) is 0 Å². The van der Waals surface area contributed by atoms with Gasteiger partial charge in [-0.1, -0.05) is 6.92 Å². The van der Waals surface area contributed by atoms with Crippen LogP contribution in [0.25, 0.3) is 0 Å². The Morgan fingerprint density at radius 2 is 1.90 bits per heavy atom. The molecule has 0 saturated heterocycles. The van der Waals surface area contributed by atoms with E-state index in [1.165, 1.54) is 6.92 Å². The van der Waals surface area contributed by atoms with E-state index in [-0.39, 0.29) is 12.5 Å². The summed E-state index contributed by atoms with van der Waals surface area (Å²) < 4.78 is 9.70. The summed E-state index contributed by atoms with van der Waals surface area (Å²) in [6.45, 7) is 5.63. The Morgan fingerprint density at radius 3 is 2.25 bits per heavy atom. The van der Waals surface area contributed by atoms with Crippen LogP contribution in [0.2, 0.25) is 0 Å². The van der Waals surface area contributed by atoms with Crippen molar-refractivity contribution in [2.45, 2.75) is 58.0 Å². The molecule has 0 heterocycles. The number of nitrogens with one attached hydrogen (secondary N) is 1. The van der Waals surface area contributed by atoms with Crippen molar-refractivity contribution in [1.29, 1.82) is 0 Å². The third-order valence-electron chi connectivity index (χ3n) is 2.71. The lowest BCUT2D eigenvalue weighted by Crippen LogP contribution is -2.61. The zero-order valence-electron chi connectivity index (χ0n) is 12.3. The van der Waals surface area contributed by atoms with Crippen molar-refractivity contribution in [2.24, 2.45) is 5.73 Å². The van der Waals surface area contributed by atoms with E-state index in [2.05, 4.69) is 5.32 Å². The highest BCUT2D eigenvalue weighted by Gasteiger charge is 2.53. The normalized spacial score (nSPS) is 16.9. The maximum absolute atomic E-state index is 11.6. The molecule has 0 fully saturated rings. The molecule has 20 heavy (non-hydrogen) atoms. The quantitative estimate of drug-likeness (QED) is 0.504. The van der Waals surface area contributed by atoms with Crippen molar-refractivity contribution in [1.82, 2.24) is 5.32 Å². The highest BCUT2D eigenvalue weighted by molar-refractivity contribution is 5.68. The third kappa shape index (κ3) is 4.86. The number of alkyl carbamates (subject to hydrolysis) is 1. The van der Waals surface area contributed by atoms with Crippen molar-refractivity contribution < 1.29 is 29.3 Å². The van der Waals surface area contributed by atoms with Gasteiger partial charge in [-0.15, -0.1) is 0 Å². The summed E-state index contributed by atoms with van der Waals surface area (Å²) in [7, 11) is 0. The van der Waals surface area contributed by atoms with Gasteiger partial charge in [-0.25, -0.2) is 9.59 Å². The van der Waals surface area contributed by atoms with E-state index in [4.69, 9.17) is 15.2 Å². The van der Waals surface area contributed by atoms with Crippen LogP contribution in [0.1, 0.15) is 40.5 Å². The minimum atomic E-state index is -2.19. The first-order valence-electron chi connectivity index (χ1n) is 6.41. The lowest BCUT2D eigenvalue weighted by Gasteiger charge is -2.41. The molecule has 2 amide bonds. The van der Waals surface area contributed by atoms with Crippen LogP contribution in [0.15, 0.2) is 0 Å². The van der Waals surface area contributed by atoms with Crippen LogP contribution in [-0.4, -0.2) is 46.4 Å². The molecule has 0 rings (SSSR count). The molecule has 2 unspecified atom stereocenters. The molecule has 8 heteroatoms. The Hall–Kier alpha value is -1.54. The molecule has 0 aliphatic rings. The van der Waals surface area contributed by atoms with Crippen molar-refractivity contribution in [3.05, 3.63) is 0 Å². The largest absolute Gasteiger partial charge is 0.434 e. The van der Waals surface area contributed by atoms with E-state index in [0.717, 1.165) is 0 Å². The molecule has 0 aliphatic heterocycles. The number of rotatable bonds is 7. The number of nitrogens with two attached hydrogens (primary N) is 1. The van der Waals surface area contributed by atoms with Crippen LogP contribution in [-0.2, 0) is 9.47 Å². The lowest BCUT2D eigenvalue weighted by atomic mass is 9.91. The van der Waals surface area contributed by atoms with Gasteiger partial charge in [0.15, 0.2) is 5.60 Å². The average Bonchev–Trinajstić information content (AvgIpc) is 2.26. The zero-order chi connectivity index (χ0) is 16.0. The van der Waals surface area contributed by atoms with E-state index in [1.807, 2.05) is 0 Å². The van der Waals surface area contributed by atoms with Gasteiger partial charge in [0.05, 0.1) is 6.61 Å². The van der Waals surface area contributed by atoms with E-state index >= 15 is 0 Å². The standard InChI is InChI=1S/C12H24N2O6/c1-5-6-12(18,20-10(17)14-8(2)3)11(4,7-15)19-9(13)16/h8,15,18H,5-7H2,1-4H3,(H2,13,16)(H,14,17). The van der Waals surface area contributed by atoms with E-state index in [1.54, 1.807) is 20.8 Å². The van der Waals surface area contributed by atoms with Crippen molar-refractivity contribution in [3.8, 4) is 0 Å². The van der Waals surface area contributed by atoms with Gasteiger partial charge >= 0.3 is 12.2 Å². The van der Waals surface area contributed by atoms with Crippen molar-refractivity contribution in [3.63, 3.8) is 0 Å². The topological polar surface area (TPSA) is 131 Å². The molecule has 0 aromatic heterocycles. The average molecular weight is 292 g/mol. The molecule has 0 spiro atoms. The van der Waals surface area contributed by atoms with Crippen LogP contribution < -0.4 is 11.1 Å². The second-order valence-corrected chi connectivity index (χ2v) is 5.03. The summed E-state index contributed by atoms with van der Waals surface area (Å²) >= 11 is 0. The number of carbonyl (C=O) groups is 2. The van der Waals surface area contributed by atoms with Crippen LogP contribution in [0.3, 0.4) is 0 Å². The second kappa shape index (κ2) is 7.30. The van der Waals surface area contributed by atoms with Gasteiger partial charge in [0.2, 0.25) is 0 Å². The monoisotopic (exact) mass is 292 g/mol. The minimum Gasteiger partial charge on any atom is -0.434 e. The first-order valence-corrected chi connectivity index (χ1v) is 6.41. The Labute approximate surface area is 118 Å². The van der Waals surface area contributed by atoms with Crippen LogP contribution in [0, 0.1) is 0 Å². The van der Waals surface area contributed by atoms with Gasteiger partial charge in [0.1, 0.15) is 0 Å². The molecule has 2 atom stereocenters. The Balaban J connectivity index is 5.22. The fourth-order valence-corrected chi connectivity index (χ4v) is 1.64. The number of aliphatic hydroxyl groups is 2. The van der Waals surface area contributed by atoms with E-state index in [0.29, 0.717) is 6.42 Å². The lowest BCUT2D eigenvalue weighted by molar-refractivity contribution is -0.275. The first kappa shape index (κ1) is 18.5. The Morgan fingerprint density at radius 1 is 1.35 bits per heavy atom. The first-order chi connectivity index (χ1) is 9.10. The number of hydrogen-bond acceptors (Lipinski definition) is 6. The summed E-state index contributed by atoms with van der Waals surface area (Å²) in [6.07, 6.45) is -1.70.